The van der Waals surface area contributed by atoms with Gasteiger partial charge in [0.15, 0.2) is 0 Å². The predicted octanol–water partition coefficient (Wildman–Crippen LogP) is 3.12. The van der Waals surface area contributed by atoms with Crippen molar-refractivity contribution in [3.05, 3.63) is 35.4 Å². The van der Waals surface area contributed by atoms with Crippen LogP contribution in [0.15, 0.2) is 24.3 Å². The van der Waals surface area contributed by atoms with Crippen molar-refractivity contribution in [2.75, 3.05) is 18.8 Å². The minimum atomic E-state index is -0.745. The third kappa shape index (κ3) is 3.89. The fraction of sp³-hybridized carbons (Fsp3) is 0.556. The van der Waals surface area contributed by atoms with Gasteiger partial charge < -0.3 is 10.0 Å². The molecule has 1 saturated heterocycles. The summed E-state index contributed by atoms with van der Waals surface area (Å²) in [5.41, 5.74) is 2.46. The number of aryl methyl sites for hydroxylation is 1. The highest BCUT2D eigenvalue weighted by molar-refractivity contribution is 8.00. The standard InChI is InChI=1S/C18H23NO3S/c20-16(21)8-7-13-4-3-10-19(12-13)18(22)17-15-6-2-1-5-14(15)9-11-23-17/h1-2,5-6,13,17H,3-4,7-12H2,(H,20,21)/t13-,17+/m1/s1. The molecule has 1 amide bonds. The molecular weight excluding hydrogens is 310 g/mol. The van der Waals surface area contributed by atoms with Crippen LogP contribution in [0.4, 0.5) is 0 Å². The molecular formula is C18H23NO3S. The third-order valence-corrected chi connectivity index (χ3v) is 6.04. The largest absolute Gasteiger partial charge is 0.481 e. The summed E-state index contributed by atoms with van der Waals surface area (Å²) in [4.78, 5) is 25.7. The van der Waals surface area contributed by atoms with Crippen LogP contribution in [0.2, 0.25) is 0 Å². The summed E-state index contributed by atoms with van der Waals surface area (Å²) in [5.74, 6) is 0.781. The molecule has 2 aliphatic heterocycles. The quantitative estimate of drug-likeness (QED) is 0.920. The van der Waals surface area contributed by atoms with Crippen molar-refractivity contribution in [3.63, 3.8) is 0 Å². The smallest absolute Gasteiger partial charge is 0.303 e. The molecule has 2 aliphatic rings. The van der Waals surface area contributed by atoms with Gasteiger partial charge in [0.05, 0.1) is 0 Å². The number of amides is 1. The van der Waals surface area contributed by atoms with Gasteiger partial charge >= 0.3 is 5.97 Å². The zero-order valence-electron chi connectivity index (χ0n) is 13.2. The molecule has 1 aromatic rings. The number of piperidine rings is 1. The van der Waals surface area contributed by atoms with Crippen LogP contribution in [-0.4, -0.2) is 40.7 Å². The number of carboxylic acid groups (broad SMARTS) is 1. The minimum Gasteiger partial charge on any atom is -0.481 e. The summed E-state index contributed by atoms with van der Waals surface area (Å²) in [7, 11) is 0. The molecule has 0 spiro atoms. The molecule has 2 heterocycles. The molecule has 23 heavy (non-hydrogen) atoms. The molecule has 1 fully saturated rings. The van der Waals surface area contributed by atoms with Crippen LogP contribution in [0.3, 0.4) is 0 Å². The van der Waals surface area contributed by atoms with E-state index < -0.39 is 5.97 Å². The lowest BCUT2D eigenvalue weighted by molar-refractivity contribution is -0.137. The van der Waals surface area contributed by atoms with Gasteiger partial charge in [-0.2, -0.15) is 0 Å². The maximum Gasteiger partial charge on any atom is 0.303 e. The van der Waals surface area contributed by atoms with E-state index in [0.29, 0.717) is 18.9 Å². The summed E-state index contributed by atoms with van der Waals surface area (Å²) in [6.45, 7) is 1.52. The summed E-state index contributed by atoms with van der Waals surface area (Å²) in [5, 5.41) is 8.76. The van der Waals surface area contributed by atoms with Crippen molar-refractivity contribution >= 4 is 23.6 Å². The van der Waals surface area contributed by atoms with E-state index in [-0.39, 0.29) is 17.6 Å². The van der Waals surface area contributed by atoms with E-state index in [2.05, 4.69) is 12.1 Å². The van der Waals surface area contributed by atoms with Gasteiger partial charge in [0.2, 0.25) is 5.91 Å². The first-order valence-corrected chi connectivity index (χ1v) is 9.40. The molecule has 0 aromatic heterocycles. The van der Waals surface area contributed by atoms with Crippen molar-refractivity contribution < 1.29 is 14.7 Å². The van der Waals surface area contributed by atoms with E-state index in [1.54, 1.807) is 11.8 Å². The molecule has 0 aliphatic carbocycles. The van der Waals surface area contributed by atoms with Gasteiger partial charge in [0.1, 0.15) is 5.25 Å². The van der Waals surface area contributed by atoms with E-state index in [0.717, 1.165) is 31.6 Å². The molecule has 2 atom stereocenters. The number of benzene rings is 1. The van der Waals surface area contributed by atoms with Gasteiger partial charge in [-0.05, 0) is 48.5 Å². The Morgan fingerprint density at radius 2 is 2.13 bits per heavy atom. The zero-order chi connectivity index (χ0) is 16.2. The van der Waals surface area contributed by atoms with E-state index in [1.165, 1.54) is 11.1 Å². The molecule has 0 unspecified atom stereocenters. The molecule has 0 saturated carbocycles. The number of hydrogen-bond donors (Lipinski definition) is 1. The Morgan fingerprint density at radius 1 is 1.30 bits per heavy atom. The second kappa shape index (κ2) is 7.39. The number of hydrogen-bond acceptors (Lipinski definition) is 3. The molecule has 0 radical (unpaired) electrons. The van der Waals surface area contributed by atoms with Gasteiger partial charge in [-0.1, -0.05) is 24.3 Å². The number of fused-ring (bicyclic) bond motifs is 1. The van der Waals surface area contributed by atoms with E-state index in [9.17, 15) is 9.59 Å². The number of carboxylic acids is 1. The number of rotatable bonds is 4. The summed E-state index contributed by atoms with van der Waals surface area (Å²) < 4.78 is 0. The Morgan fingerprint density at radius 3 is 2.96 bits per heavy atom. The van der Waals surface area contributed by atoms with Crippen LogP contribution >= 0.6 is 11.8 Å². The number of likely N-dealkylation sites (tertiary alicyclic amines) is 1. The average molecular weight is 333 g/mol. The summed E-state index contributed by atoms with van der Waals surface area (Å²) in [6, 6.07) is 8.26. The Labute approximate surface area is 141 Å². The molecule has 4 nitrogen and oxygen atoms in total. The van der Waals surface area contributed by atoms with E-state index in [4.69, 9.17) is 5.11 Å². The molecule has 3 rings (SSSR count). The highest BCUT2D eigenvalue weighted by Gasteiger charge is 2.32. The fourth-order valence-corrected chi connectivity index (χ4v) is 4.87. The maximum atomic E-state index is 13.0. The van der Waals surface area contributed by atoms with Crippen molar-refractivity contribution in [2.45, 2.75) is 37.4 Å². The lowest BCUT2D eigenvalue weighted by atomic mass is 9.92. The number of nitrogens with zero attached hydrogens (tertiary/aromatic N) is 1. The number of carbonyl (C=O) groups excluding carboxylic acids is 1. The summed E-state index contributed by atoms with van der Waals surface area (Å²) >= 11 is 1.74. The third-order valence-electron chi connectivity index (χ3n) is 4.81. The second-order valence-electron chi connectivity index (χ2n) is 6.42. The number of aliphatic carboxylic acids is 1. The SMILES string of the molecule is O=C(O)CC[C@H]1CCCN(C(=O)[C@H]2SCCc3ccccc32)C1. The first-order valence-electron chi connectivity index (χ1n) is 8.35. The number of carbonyl (C=O) groups is 2. The van der Waals surface area contributed by atoms with Crippen LogP contribution in [-0.2, 0) is 16.0 Å². The molecule has 1 aromatic carbocycles. The predicted molar refractivity (Wildman–Crippen MR) is 91.5 cm³/mol. The lowest BCUT2D eigenvalue weighted by Crippen LogP contribution is -2.42. The van der Waals surface area contributed by atoms with Crippen LogP contribution in [0.1, 0.15) is 42.1 Å². The highest BCUT2D eigenvalue weighted by Crippen LogP contribution is 2.38. The lowest BCUT2D eigenvalue weighted by Gasteiger charge is -2.36. The van der Waals surface area contributed by atoms with Gasteiger partial charge in [-0.25, -0.2) is 0 Å². The first-order chi connectivity index (χ1) is 11.1. The van der Waals surface area contributed by atoms with Gasteiger partial charge in [-0.3, -0.25) is 9.59 Å². The van der Waals surface area contributed by atoms with Crippen molar-refractivity contribution in [3.8, 4) is 0 Å². The fourth-order valence-electron chi connectivity index (χ4n) is 3.59. The topological polar surface area (TPSA) is 57.6 Å². The van der Waals surface area contributed by atoms with Crippen LogP contribution in [0, 0.1) is 5.92 Å². The zero-order valence-corrected chi connectivity index (χ0v) is 14.1. The van der Waals surface area contributed by atoms with Crippen molar-refractivity contribution in [1.82, 2.24) is 4.90 Å². The molecule has 5 heteroatoms. The van der Waals surface area contributed by atoms with Gasteiger partial charge in [-0.15, -0.1) is 11.8 Å². The van der Waals surface area contributed by atoms with Crippen molar-refractivity contribution in [2.24, 2.45) is 5.92 Å². The Hall–Kier alpha value is -1.49. The summed E-state index contributed by atoms with van der Waals surface area (Å²) in [6.07, 6.45) is 3.92. The second-order valence-corrected chi connectivity index (χ2v) is 7.64. The van der Waals surface area contributed by atoms with Crippen LogP contribution in [0.5, 0.6) is 0 Å². The highest BCUT2D eigenvalue weighted by atomic mass is 32.2. The van der Waals surface area contributed by atoms with E-state index >= 15 is 0 Å². The molecule has 124 valence electrons. The number of thioether (sulfide) groups is 1. The van der Waals surface area contributed by atoms with Crippen LogP contribution < -0.4 is 0 Å². The average Bonchev–Trinajstić information content (AvgIpc) is 2.59. The van der Waals surface area contributed by atoms with E-state index in [1.807, 2.05) is 17.0 Å². The monoisotopic (exact) mass is 333 g/mol. The normalized spacial score (nSPS) is 24.1. The minimum absolute atomic E-state index is 0.0850. The van der Waals surface area contributed by atoms with Crippen LogP contribution in [0.25, 0.3) is 0 Å². The van der Waals surface area contributed by atoms with Gasteiger partial charge in [0, 0.05) is 19.5 Å². The first kappa shape index (κ1) is 16.4. The Bertz CT molecular complexity index is 589. The van der Waals surface area contributed by atoms with Crippen molar-refractivity contribution in [1.29, 1.82) is 0 Å². The maximum absolute atomic E-state index is 13.0. The molecule has 0 bridgehead atoms. The Balaban J connectivity index is 1.67. The Kier molecular flexibility index (Phi) is 5.26. The molecule has 1 N–H and O–H groups in total. The van der Waals surface area contributed by atoms with Gasteiger partial charge in [0.25, 0.3) is 0 Å².